The molecule has 4 aromatic rings. The number of carbonyl (C=O) groups is 2. The molecule has 2 aromatic heterocycles. The van der Waals surface area contributed by atoms with Gasteiger partial charge in [0.05, 0.1) is 11.4 Å². The van der Waals surface area contributed by atoms with Crippen molar-refractivity contribution in [1.82, 2.24) is 34.6 Å². The maximum atomic E-state index is 13.0. The molecule has 3 aliphatic heterocycles. The molecule has 0 bridgehead atoms. The topological polar surface area (TPSA) is 132 Å². The van der Waals surface area contributed by atoms with E-state index in [1.165, 1.54) is 0 Å². The van der Waals surface area contributed by atoms with Gasteiger partial charge in [-0.15, -0.1) is 0 Å². The lowest BCUT2D eigenvalue weighted by atomic mass is 10.0. The van der Waals surface area contributed by atoms with Crippen molar-refractivity contribution in [3.8, 4) is 22.8 Å². The number of likely N-dealkylation sites (N-methyl/N-ethyl adjacent to an activating group) is 1. The fraction of sp³-hybridized carbons (Fsp3) is 0.412. The minimum absolute atomic E-state index is 0.0506. The van der Waals surface area contributed by atoms with Crippen LogP contribution in [0.15, 0.2) is 60.7 Å². The van der Waals surface area contributed by atoms with Gasteiger partial charge in [-0.25, -0.2) is 9.97 Å². The van der Waals surface area contributed by atoms with Gasteiger partial charge < -0.3 is 30.2 Å². The number of nitrogens with zero attached hydrogens (tertiary/aromatic N) is 5. The number of aromatic nitrogens is 4. The van der Waals surface area contributed by atoms with Gasteiger partial charge in [0.25, 0.3) is 11.8 Å². The summed E-state index contributed by atoms with van der Waals surface area (Å²) in [5, 5.41) is 6.36. The maximum Gasteiger partial charge on any atom is 0.271 e. The Kier molecular flexibility index (Phi) is 9.68. The Morgan fingerprint density at radius 1 is 0.889 bits per heavy atom. The lowest BCUT2D eigenvalue weighted by Crippen LogP contribution is -2.36. The zero-order valence-corrected chi connectivity index (χ0v) is 25.9. The zero-order chi connectivity index (χ0) is 31.2. The quantitative estimate of drug-likeness (QED) is 0.293. The number of hydrogen-bond donors (Lipinski definition) is 3. The van der Waals surface area contributed by atoms with Crippen molar-refractivity contribution in [1.29, 1.82) is 0 Å². The molecule has 236 valence electrons. The Hall–Kier alpha value is -4.32. The predicted octanol–water partition coefficient (Wildman–Crippen LogP) is 3.29. The standard InChI is InChI=1S/C21H28N4O2.C13H14N4O/c1-2-24-10-11-25-18(15-24)19(23-20(25)17-6-4-3-5-7-17)21(26)22-14-16-8-12-27-13-9-16;14-12(18)11-10-8-15-6-7-17(10)13(16-11)9-4-2-1-3-5-9/h3-7,16H,2,8-15H2,1H3,(H,22,26);1-5,15H,6-8H2,(H2,14,18). The molecule has 1 saturated heterocycles. The van der Waals surface area contributed by atoms with E-state index in [4.69, 9.17) is 15.5 Å². The summed E-state index contributed by atoms with van der Waals surface area (Å²) in [4.78, 5) is 36.0. The molecule has 1 fully saturated rings. The number of nitrogens with two attached hydrogens (primary N) is 1. The van der Waals surface area contributed by atoms with Crippen molar-refractivity contribution in [2.75, 3.05) is 39.4 Å². The van der Waals surface area contributed by atoms with E-state index >= 15 is 0 Å². The average Bonchev–Trinajstić information content (AvgIpc) is 3.68. The third kappa shape index (κ3) is 6.85. The van der Waals surface area contributed by atoms with Crippen molar-refractivity contribution in [2.45, 2.75) is 45.9 Å². The van der Waals surface area contributed by atoms with E-state index in [1.807, 2.05) is 48.5 Å². The number of nitrogens with one attached hydrogen (secondary N) is 2. The highest BCUT2D eigenvalue weighted by atomic mass is 16.5. The first-order valence-electron chi connectivity index (χ1n) is 15.9. The smallest absolute Gasteiger partial charge is 0.271 e. The normalized spacial score (nSPS) is 16.6. The van der Waals surface area contributed by atoms with E-state index in [1.54, 1.807) is 0 Å². The van der Waals surface area contributed by atoms with E-state index in [0.29, 0.717) is 30.4 Å². The predicted molar refractivity (Wildman–Crippen MR) is 172 cm³/mol. The monoisotopic (exact) mass is 610 g/mol. The van der Waals surface area contributed by atoms with Crippen LogP contribution in [0, 0.1) is 5.92 Å². The number of imidazole rings is 2. The van der Waals surface area contributed by atoms with Crippen LogP contribution in [-0.2, 0) is 30.9 Å². The number of amides is 2. The Labute approximate surface area is 263 Å². The summed E-state index contributed by atoms with van der Waals surface area (Å²) in [6.45, 7) is 10.4. The summed E-state index contributed by atoms with van der Waals surface area (Å²) < 4.78 is 9.71. The molecule has 0 saturated carbocycles. The van der Waals surface area contributed by atoms with Gasteiger partial charge in [-0.2, -0.15) is 0 Å². The van der Waals surface area contributed by atoms with Crippen LogP contribution in [0.4, 0.5) is 0 Å². The second-order valence-corrected chi connectivity index (χ2v) is 11.7. The summed E-state index contributed by atoms with van der Waals surface area (Å²) in [6, 6.07) is 20.0. The minimum Gasteiger partial charge on any atom is -0.381 e. The first kappa shape index (κ1) is 30.7. The van der Waals surface area contributed by atoms with E-state index in [2.05, 4.69) is 48.7 Å². The lowest BCUT2D eigenvalue weighted by Gasteiger charge is -2.28. The summed E-state index contributed by atoms with van der Waals surface area (Å²) in [6.07, 6.45) is 2.03. The molecule has 2 amide bonds. The van der Waals surface area contributed by atoms with Gasteiger partial charge in [-0.1, -0.05) is 67.6 Å². The van der Waals surface area contributed by atoms with Crippen molar-refractivity contribution < 1.29 is 14.3 Å². The Balaban J connectivity index is 0.000000172. The molecule has 0 aliphatic carbocycles. The third-order valence-corrected chi connectivity index (χ3v) is 8.81. The molecule has 7 rings (SSSR count). The summed E-state index contributed by atoms with van der Waals surface area (Å²) >= 11 is 0. The van der Waals surface area contributed by atoms with Gasteiger partial charge in [0.1, 0.15) is 11.6 Å². The number of carbonyl (C=O) groups excluding carboxylic acids is 2. The molecule has 0 atom stereocenters. The van der Waals surface area contributed by atoms with Gasteiger partial charge in [-0.3, -0.25) is 14.5 Å². The van der Waals surface area contributed by atoms with Gasteiger partial charge in [0.15, 0.2) is 11.4 Å². The van der Waals surface area contributed by atoms with Crippen LogP contribution >= 0.6 is 0 Å². The molecule has 11 nitrogen and oxygen atoms in total. The zero-order valence-electron chi connectivity index (χ0n) is 25.9. The van der Waals surface area contributed by atoms with Crippen molar-refractivity contribution in [2.24, 2.45) is 11.7 Å². The highest BCUT2D eigenvalue weighted by molar-refractivity contribution is 5.94. The fourth-order valence-corrected chi connectivity index (χ4v) is 6.26. The van der Waals surface area contributed by atoms with Crippen molar-refractivity contribution >= 4 is 11.8 Å². The molecular formula is C34H42N8O3. The van der Waals surface area contributed by atoms with E-state index in [9.17, 15) is 9.59 Å². The Morgan fingerprint density at radius 2 is 1.51 bits per heavy atom. The molecule has 45 heavy (non-hydrogen) atoms. The second-order valence-electron chi connectivity index (χ2n) is 11.7. The number of rotatable bonds is 7. The number of benzene rings is 2. The SMILES string of the molecule is CCN1CCn2c(-c3ccccc3)nc(C(=O)NCC3CCOCC3)c2C1.NC(=O)c1nc(-c2ccccc2)n2c1CNCC2. The number of hydrogen-bond acceptors (Lipinski definition) is 7. The van der Waals surface area contributed by atoms with Crippen LogP contribution in [0.25, 0.3) is 22.8 Å². The van der Waals surface area contributed by atoms with E-state index in [0.717, 1.165) is 99.5 Å². The highest BCUT2D eigenvalue weighted by Gasteiger charge is 2.28. The number of primary amides is 1. The average molecular weight is 611 g/mol. The van der Waals surface area contributed by atoms with Gasteiger partial charge in [-0.05, 0) is 25.3 Å². The van der Waals surface area contributed by atoms with Gasteiger partial charge in [0.2, 0.25) is 0 Å². The third-order valence-electron chi connectivity index (χ3n) is 8.81. The lowest BCUT2D eigenvalue weighted by molar-refractivity contribution is 0.0641. The van der Waals surface area contributed by atoms with Crippen LogP contribution in [0.3, 0.4) is 0 Å². The summed E-state index contributed by atoms with van der Waals surface area (Å²) in [7, 11) is 0. The molecular weight excluding hydrogens is 568 g/mol. The molecule has 11 heteroatoms. The van der Waals surface area contributed by atoms with Crippen LogP contribution in [0.2, 0.25) is 0 Å². The Bertz CT molecular complexity index is 1610. The minimum atomic E-state index is -0.468. The summed E-state index contributed by atoms with van der Waals surface area (Å²) in [5.41, 5.74) is 10.3. The van der Waals surface area contributed by atoms with Gasteiger partial charge >= 0.3 is 0 Å². The number of ether oxygens (including phenoxy) is 1. The fourth-order valence-electron chi connectivity index (χ4n) is 6.26. The molecule has 3 aliphatic rings. The molecule has 2 aromatic carbocycles. The Morgan fingerprint density at radius 3 is 2.13 bits per heavy atom. The molecule has 5 heterocycles. The highest BCUT2D eigenvalue weighted by Crippen LogP contribution is 2.27. The van der Waals surface area contributed by atoms with Crippen LogP contribution in [0.5, 0.6) is 0 Å². The first-order valence-corrected chi connectivity index (χ1v) is 15.9. The first-order chi connectivity index (χ1) is 22.0. The largest absolute Gasteiger partial charge is 0.381 e. The van der Waals surface area contributed by atoms with Crippen LogP contribution in [0.1, 0.15) is 52.1 Å². The second kappa shape index (κ2) is 14.2. The van der Waals surface area contributed by atoms with Crippen LogP contribution in [-0.4, -0.2) is 75.2 Å². The number of fused-ring (bicyclic) bond motifs is 2. The molecule has 4 N–H and O–H groups in total. The van der Waals surface area contributed by atoms with Crippen LogP contribution < -0.4 is 16.4 Å². The van der Waals surface area contributed by atoms with Gasteiger partial charge in [0, 0.05) is 70.2 Å². The van der Waals surface area contributed by atoms with E-state index in [-0.39, 0.29) is 5.91 Å². The molecule has 0 spiro atoms. The maximum absolute atomic E-state index is 13.0. The summed E-state index contributed by atoms with van der Waals surface area (Å²) in [5.74, 6) is 1.70. The van der Waals surface area contributed by atoms with E-state index < -0.39 is 5.91 Å². The van der Waals surface area contributed by atoms with Crippen molar-refractivity contribution in [3.05, 3.63) is 83.4 Å². The molecule has 0 unspecified atom stereocenters. The van der Waals surface area contributed by atoms with Crippen molar-refractivity contribution in [3.63, 3.8) is 0 Å². The molecule has 0 radical (unpaired) electrons.